The highest BCUT2D eigenvalue weighted by Crippen LogP contribution is 2.27. The molecule has 0 saturated carbocycles. The molecule has 4 nitrogen and oxygen atoms in total. The van der Waals surface area contributed by atoms with E-state index in [9.17, 15) is 9.59 Å². The van der Waals surface area contributed by atoms with Crippen molar-refractivity contribution in [2.75, 3.05) is 12.3 Å². The van der Waals surface area contributed by atoms with Gasteiger partial charge in [0.25, 0.3) is 5.91 Å². The summed E-state index contributed by atoms with van der Waals surface area (Å²) in [4.78, 5) is 24.0. The highest BCUT2D eigenvalue weighted by atomic mass is 32.2. The fourth-order valence-corrected chi connectivity index (χ4v) is 4.04. The lowest BCUT2D eigenvalue weighted by Gasteiger charge is -2.12. The lowest BCUT2D eigenvalue weighted by Crippen LogP contribution is -2.29. The fourth-order valence-electron chi connectivity index (χ4n) is 3.13. The van der Waals surface area contributed by atoms with Gasteiger partial charge in [0.1, 0.15) is 0 Å². The fraction of sp³-hybridized carbons (Fsp3) is 0.333. The van der Waals surface area contributed by atoms with Gasteiger partial charge in [-0.05, 0) is 36.3 Å². The molecule has 1 aliphatic rings. The lowest BCUT2D eigenvalue weighted by atomic mass is 10.0. The van der Waals surface area contributed by atoms with Crippen LogP contribution in [0.3, 0.4) is 0 Å². The summed E-state index contributed by atoms with van der Waals surface area (Å²) in [6, 6.07) is 15.8. The maximum absolute atomic E-state index is 12.1. The minimum Gasteiger partial charge on any atom is -0.356 e. The van der Waals surface area contributed by atoms with E-state index in [1.165, 1.54) is 11.1 Å². The largest absolute Gasteiger partial charge is 0.356 e. The van der Waals surface area contributed by atoms with Gasteiger partial charge in [-0.25, -0.2) is 0 Å². The average Bonchev–Trinajstić information content (AvgIpc) is 2.94. The third-order valence-electron chi connectivity index (χ3n) is 4.41. The molecule has 0 spiro atoms. The van der Waals surface area contributed by atoms with Gasteiger partial charge in [-0.1, -0.05) is 48.0 Å². The zero-order valence-corrected chi connectivity index (χ0v) is 15.8. The smallest absolute Gasteiger partial charge is 0.252 e. The highest BCUT2D eigenvalue weighted by Gasteiger charge is 2.29. The second kappa shape index (κ2) is 8.90. The summed E-state index contributed by atoms with van der Waals surface area (Å²) in [5.74, 6) is 1.90. The molecule has 0 aromatic heterocycles. The molecule has 0 unspecified atom stereocenters. The molecule has 1 heterocycles. The molecular weight excluding hydrogens is 344 g/mol. The van der Waals surface area contributed by atoms with E-state index in [1.807, 2.05) is 30.0 Å². The van der Waals surface area contributed by atoms with Gasteiger partial charge >= 0.3 is 0 Å². The molecule has 0 radical (unpaired) electrons. The number of nitrogens with one attached hydrogen (secondary N) is 2. The minimum absolute atomic E-state index is 0.0179. The topological polar surface area (TPSA) is 58.2 Å². The van der Waals surface area contributed by atoms with Crippen molar-refractivity contribution in [1.82, 2.24) is 10.6 Å². The van der Waals surface area contributed by atoms with Gasteiger partial charge in [0.2, 0.25) is 5.91 Å². The van der Waals surface area contributed by atoms with E-state index >= 15 is 0 Å². The number of rotatable bonds is 8. The maximum atomic E-state index is 12.1. The van der Waals surface area contributed by atoms with E-state index in [2.05, 4.69) is 41.8 Å². The molecular formula is C21H24N2O2S. The van der Waals surface area contributed by atoms with Crippen LogP contribution >= 0.6 is 11.8 Å². The Morgan fingerprint density at radius 2 is 2.04 bits per heavy atom. The number of carbonyl (C=O) groups excluding carboxylic acids is 2. The Labute approximate surface area is 158 Å². The molecule has 0 fully saturated rings. The molecule has 0 saturated heterocycles. The van der Waals surface area contributed by atoms with Crippen molar-refractivity contribution in [2.45, 2.75) is 31.6 Å². The SMILES string of the molecule is Cc1cccc(CSCCCNC(=O)C[C@H]2NC(=O)c3ccccc32)c1. The van der Waals surface area contributed by atoms with Crippen LogP contribution in [0.4, 0.5) is 0 Å². The van der Waals surface area contributed by atoms with Gasteiger partial charge in [-0.15, -0.1) is 0 Å². The molecule has 0 bridgehead atoms. The first-order valence-corrected chi connectivity index (χ1v) is 10.1. The summed E-state index contributed by atoms with van der Waals surface area (Å²) in [6.45, 7) is 2.77. The highest BCUT2D eigenvalue weighted by molar-refractivity contribution is 7.98. The lowest BCUT2D eigenvalue weighted by molar-refractivity contribution is -0.121. The Bertz CT molecular complexity index is 791. The standard InChI is InChI=1S/C21H24N2O2S/c1-15-6-4-7-16(12-15)14-26-11-5-10-22-20(24)13-19-17-8-2-3-9-18(17)21(25)23-19/h2-4,6-9,12,19H,5,10-11,13-14H2,1H3,(H,22,24)(H,23,25)/t19-/m1/s1. The maximum Gasteiger partial charge on any atom is 0.252 e. The van der Waals surface area contributed by atoms with Crippen molar-refractivity contribution in [1.29, 1.82) is 0 Å². The van der Waals surface area contributed by atoms with Crippen LogP contribution in [0.25, 0.3) is 0 Å². The van der Waals surface area contributed by atoms with Crippen LogP contribution in [0, 0.1) is 6.92 Å². The number of benzene rings is 2. The van der Waals surface area contributed by atoms with Gasteiger partial charge in [-0.2, -0.15) is 11.8 Å². The predicted octanol–water partition coefficient (Wildman–Crippen LogP) is 3.61. The summed E-state index contributed by atoms with van der Waals surface area (Å²) in [5.41, 5.74) is 4.23. The number of hydrogen-bond donors (Lipinski definition) is 2. The Kier molecular flexibility index (Phi) is 6.34. The van der Waals surface area contributed by atoms with E-state index in [-0.39, 0.29) is 17.9 Å². The second-order valence-electron chi connectivity index (χ2n) is 6.56. The van der Waals surface area contributed by atoms with Crippen molar-refractivity contribution < 1.29 is 9.59 Å². The molecule has 1 aliphatic heterocycles. The Morgan fingerprint density at radius 3 is 2.88 bits per heavy atom. The third-order valence-corrected chi connectivity index (χ3v) is 5.53. The predicted molar refractivity (Wildman–Crippen MR) is 106 cm³/mol. The molecule has 0 aliphatic carbocycles. The van der Waals surface area contributed by atoms with E-state index in [0.717, 1.165) is 23.5 Å². The molecule has 2 aromatic rings. The van der Waals surface area contributed by atoms with Crippen LogP contribution in [0.5, 0.6) is 0 Å². The first-order valence-electron chi connectivity index (χ1n) is 8.93. The van der Waals surface area contributed by atoms with Crippen molar-refractivity contribution in [2.24, 2.45) is 0 Å². The molecule has 2 amide bonds. The number of fused-ring (bicyclic) bond motifs is 1. The Hall–Kier alpha value is -2.27. The van der Waals surface area contributed by atoms with E-state index < -0.39 is 0 Å². The van der Waals surface area contributed by atoms with Crippen LogP contribution < -0.4 is 10.6 Å². The number of carbonyl (C=O) groups is 2. The molecule has 3 rings (SSSR count). The van der Waals surface area contributed by atoms with Crippen LogP contribution in [0.2, 0.25) is 0 Å². The summed E-state index contributed by atoms with van der Waals surface area (Å²) in [7, 11) is 0. The van der Waals surface area contributed by atoms with Gasteiger partial charge in [0.05, 0.1) is 12.5 Å². The molecule has 26 heavy (non-hydrogen) atoms. The normalized spacial score (nSPS) is 15.4. The van der Waals surface area contributed by atoms with Crippen molar-refractivity contribution in [3.05, 3.63) is 70.8 Å². The van der Waals surface area contributed by atoms with Crippen molar-refractivity contribution >= 4 is 23.6 Å². The number of amides is 2. The Balaban J connectivity index is 1.33. The molecule has 136 valence electrons. The Morgan fingerprint density at radius 1 is 1.19 bits per heavy atom. The minimum atomic E-state index is -0.214. The van der Waals surface area contributed by atoms with Gasteiger partial charge in [0, 0.05) is 17.9 Å². The zero-order valence-electron chi connectivity index (χ0n) is 15.0. The first kappa shape index (κ1) is 18.5. The number of aryl methyl sites for hydroxylation is 1. The molecule has 1 atom stereocenters. The van der Waals surface area contributed by atoms with Gasteiger partial charge < -0.3 is 10.6 Å². The van der Waals surface area contributed by atoms with Crippen LogP contribution in [-0.2, 0) is 10.5 Å². The van der Waals surface area contributed by atoms with Gasteiger partial charge in [0.15, 0.2) is 0 Å². The molecule has 2 N–H and O–H groups in total. The molecule has 5 heteroatoms. The van der Waals surface area contributed by atoms with E-state index in [0.29, 0.717) is 18.5 Å². The summed E-state index contributed by atoms with van der Waals surface area (Å²) >= 11 is 1.88. The van der Waals surface area contributed by atoms with Crippen LogP contribution in [0.1, 0.15) is 45.9 Å². The number of hydrogen-bond acceptors (Lipinski definition) is 3. The summed E-state index contributed by atoms with van der Waals surface area (Å²) < 4.78 is 0. The quantitative estimate of drug-likeness (QED) is 0.700. The molecule has 2 aromatic carbocycles. The van der Waals surface area contributed by atoms with Gasteiger partial charge in [-0.3, -0.25) is 9.59 Å². The average molecular weight is 369 g/mol. The monoisotopic (exact) mass is 368 g/mol. The first-order chi connectivity index (χ1) is 12.6. The zero-order chi connectivity index (χ0) is 18.4. The summed E-state index contributed by atoms with van der Waals surface area (Å²) in [5, 5.41) is 5.84. The third kappa shape index (κ3) is 4.88. The summed E-state index contributed by atoms with van der Waals surface area (Å²) in [6.07, 6.45) is 1.23. The number of thioether (sulfide) groups is 1. The van der Waals surface area contributed by atoms with E-state index in [4.69, 9.17) is 0 Å². The van der Waals surface area contributed by atoms with Crippen molar-refractivity contribution in [3.63, 3.8) is 0 Å². The van der Waals surface area contributed by atoms with Crippen LogP contribution in [0.15, 0.2) is 48.5 Å². The van der Waals surface area contributed by atoms with E-state index in [1.54, 1.807) is 6.07 Å². The second-order valence-corrected chi connectivity index (χ2v) is 7.67. The van der Waals surface area contributed by atoms with Crippen molar-refractivity contribution in [3.8, 4) is 0 Å². The van der Waals surface area contributed by atoms with Crippen LogP contribution in [-0.4, -0.2) is 24.1 Å².